The van der Waals surface area contributed by atoms with Crippen molar-refractivity contribution in [3.8, 4) is 0 Å². The van der Waals surface area contributed by atoms with Crippen molar-refractivity contribution in [3.05, 3.63) is 94.5 Å². The van der Waals surface area contributed by atoms with Crippen LogP contribution in [0, 0.1) is 0 Å². The number of ether oxygens (including phenoxy) is 1. The lowest BCUT2D eigenvalue weighted by molar-refractivity contribution is -0.142. The number of carbonyl (C=O) groups excluding carboxylic acids is 2. The molecule has 0 unspecified atom stereocenters. The van der Waals surface area contributed by atoms with Crippen molar-refractivity contribution in [2.24, 2.45) is 0 Å². The number of carboxylic acid groups (broad SMARTS) is 1. The highest BCUT2D eigenvalue weighted by atomic mass is 35.5. The predicted octanol–water partition coefficient (Wildman–Crippen LogP) is 5.25. The number of halogens is 1. The van der Waals surface area contributed by atoms with Crippen LogP contribution in [-0.4, -0.2) is 36.1 Å². The zero-order valence-corrected chi connectivity index (χ0v) is 19.4. The van der Waals surface area contributed by atoms with Crippen LogP contribution in [0.5, 0.6) is 0 Å². The van der Waals surface area contributed by atoms with Crippen LogP contribution >= 0.6 is 11.6 Å². The first-order chi connectivity index (χ1) is 16.4. The third-order valence-electron chi connectivity index (χ3n) is 5.04. The van der Waals surface area contributed by atoms with E-state index in [1.165, 1.54) is 6.07 Å². The van der Waals surface area contributed by atoms with E-state index in [0.717, 1.165) is 5.56 Å². The molecule has 7 nitrogen and oxygen atoms in total. The number of aromatic carboxylic acids is 1. The van der Waals surface area contributed by atoms with Crippen molar-refractivity contribution < 1.29 is 24.2 Å². The van der Waals surface area contributed by atoms with Gasteiger partial charge in [-0.05, 0) is 55.0 Å². The summed E-state index contributed by atoms with van der Waals surface area (Å²) in [6.45, 7) is 2.68. The van der Waals surface area contributed by atoms with Crippen LogP contribution in [0.15, 0.2) is 72.8 Å². The van der Waals surface area contributed by atoms with Gasteiger partial charge in [0.05, 0.1) is 24.3 Å². The molecule has 0 fully saturated rings. The molecule has 0 aromatic heterocycles. The van der Waals surface area contributed by atoms with Crippen LogP contribution < -0.4 is 10.2 Å². The lowest BCUT2D eigenvalue weighted by Gasteiger charge is -2.26. The monoisotopic (exact) mass is 480 g/mol. The number of nitrogens with zero attached hydrogens (tertiary/aromatic N) is 1. The Labute approximate surface area is 202 Å². The molecular formula is C26H25ClN2O5. The van der Waals surface area contributed by atoms with Gasteiger partial charge in [0.25, 0.3) is 5.91 Å². The minimum absolute atomic E-state index is 0.00805. The van der Waals surface area contributed by atoms with Gasteiger partial charge in [-0.2, -0.15) is 0 Å². The normalized spacial score (nSPS) is 10.4. The lowest BCUT2D eigenvalue weighted by atomic mass is 10.1. The minimum Gasteiger partial charge on any atom is -0.478 e. The highest BCUT2D eigenvalue weighted by Gasteiger charge is 2.19. The van der Waals surface area contributed by atoms with Crippen LogP contribution in [0.3, 0.4) is 0 Å². The smallest absolute Gasteiger partial charge is 0.337 e. The maximum atomic E-state index is 12.5. The van der Waals surface area contributed by atoms with Crippen molar-refractivity contribution >= 4 is 40.8 Å². The van der Waals surface area contributed by atoms with Crippen molar-refractivity contribution in [3.63, 3.8) is 0 Å². The van der Waals surface area contributed by atoms with Crippen LogP contribution in [0.25, 0.3) is 0 Å². The number of nitrogens with one attached hydrogen (secondary N) is 1. The van der Waals surface area contributed by atoms with Gasteiger partial charge in [0.2, 0.25) is 0 Å². The maximum absolute atomic E-state index is 12.5. The predicted molar refractivity (Wildman–Crippen MR) is 132 cm³/mol. The Morgan fingerprint density at radius 2 is 1.71 bits per heavy atom. The van der Waals surface area contributed by atoms with Gasteiger partial charge in [-0.1, -0.05) is 41.9 Å². The van der Waals surface area contributed by atoms with E-state index in [4.69, 9.17) is 16.3 Å². The van der Waals surface area contributed by atoms with Gasteiger partial charge in [0.1, 0.15) is 0 Å². The second kappa shape index (κ2) is 11.9. The fourth-order valence-electron chi connectivity index (χ4n) is 3.41. The summed E-state index contributed by atoms with van der Waals surface area (Å²) in [6.07, 6.45) is 0.106. The van der Waals surface area contributed by atoms with Crippen LogP contribution in [0.1, 0.15) is 39.6 Å². The summed E-state index contributed by atoms with van der Waals surface area (Å²) in [4.78, 5) is 38.4. The molecule has 8 heteroatoms. The molecule has 0 aliphatic carbocycles. The molecule has 0 heterocycles. The van der Waals surface area contributed by atoms with E-state index in [9.17, 15) is 19.5 Å². The summed E-state index contributed by atoms with van der Waals surface area (Å²) in [5.74, 6) is -1.89. The van der Waals surface area contributed by atoms with E-state index in [0.29, 0.717) is 28.5 Å². The Morgan fingerprint density at radius 1 is 1.00 bits per heavy atom. The lowest BCUT2D eigenvalue weighted by Crippen LogP contribution is -2.28. The molecule has 0 saturated carbocycles. The molecule has 3 rings (SSSR count). The molecule has 0 aliphatic rings. The van der Waals surface area contributed by atoms with Gasteiger partial charge in [-0.25, -0.2) is 4.79 Å². The Morgan fingerprint density at radius 3 is 2.35 bits per heavy atom. The van der Waals surface area contributed by atoms with Gasteiger partial charge >= 0.3 is 11.9 Å². The topological polar surface area (TPSA) is 95.9 Å². The van der Waals surface area contributed by atoms with E-state index in [1.807, 2.05) is 35.2 Å². The van der Waals surface area contributed by atoms with E-state index >= 15 is 0 Å². The Balaban J connectivity index is 1.88. The number of carbonyl (C=O) groups is 3. The number of anilines is 2. The highest BCUT2D eigenvalue weighted by molar-refractivity contribution is 6.30. The van der Waals surface area contributed by atoms with Crippen LogP contribution in [0.2, 0.25) is 5.02 Å². The second-order valence-electron chi connectivity index (χ2n) is 7.46. The summed E-state index contributed by atoms with van der Waals surface area (Å²) in [7, 11) is 0. The van der Waals surface area contributed by atoms with Gasteiger partial charge in [-0.15, -0.1) is 0 Å². The Bertz CT molecular complexity index is 1150. The van der Waals surface area contributed by atoms with E-state index in [1.54, 1.807) is 43.3 Å². The summed E-state index contributed by atoms with van der Waals surface area (Å²) in [5, 5.41) is 13.1. The largest absolute Gasteiger partial charge is 0.478 e. The molecule has 1 amide bonds. The first-order valence-electron chi connectivity index (χ1n) is 10.8. The van der Waals surface area contributed by atoms with Crippen LogP contribution in [-0.2, 0) is 16.1 Å². The van der Waals surface area contributed by atoms with E-state index in [-0.39, 0.29) is 37.0 Å². The third-order valence-corrected chi connectivity index (χ3v) is 5.29. The average molecular weight is 481 g/mol. The summed E-state index contributed by atoms with van der Waals surface area (Å²) in [5.41, 5.74) is 2.14. The fourth-order valence-corrected chi connectivity index (χ4v) is 3.54. The fraction of sp³-hybridized carbons (Fsp3) is 0.192. The van der Waals surface area contributed by atoms with Crippen molar-refractivity contribution in [2.75, 3.05) is 23.4 Å². The van der Waals surface area contributed by atoms with Gasteiger partial charge in [0, 0.05) is 29.4 Å². The average Bonchev–Trinajstić information content (AvgIpc) is 2.83. The number of hydrogen-bond donors (Lipinski definition) is 2. The minimum atomic E-state index is -1.15. The van der Waals surface area contributed by atoms with E-state index < -0.39 is 5.97 Å². The highest BCUT2D eigenvalue weighted by Crippen LogP contribution is 2.27. The van der Waals surface area contributed by atoms with E-state index in [2.05, 4.69) is 5.32 Å². The molecule has 3 aromatic rings. The molecule has 3 aromatic carbocycles. The molecular weight excluding hydrogens is 456 g/mol. The zero-order chi connectivity index (χ0) is 24.5. The molecule has 0 radical (unpaired) electrons. The van der Waals surface area contributed by atoms with Crippen molar-refractivity contribution in [1.82, 2.24) is 0 Å². The number of benzene rings is 3. The summed E-state index contributed by atoms with van der Waals surface area (Å²) < 4.78 is 5.03. The molecule has 0 saturated heterocycles. The summed E-state index contributed by atoms with van der Waals surface area (Å²) >= 11 is 5.87. The molecule has 0 bridgehead atoms. The van der Waals surface area contributed by atoms with Crippen molar-refractivity contribution in [2.45, 2.75) is 19.9 Å². The molecule has 2 N–H and O–H groups in total. The zero-order valence-electron chi connectivity index (χ0n) is 18.7. The SMILES string of the molecule is CCOC(=O)CCN(Cc1ccccc1)c1ccc(NC(=O)c2ccc(Cl)cc2)cc1C(=O)O. The molecule has 34 heavy (non-hydrogen) atoms. The third kappa shape index (κ3) is 6.83. The Kier molecular flexibility index (Phi) is 8.65. The van der Waals surface area contributed by atoms with Gasteiger partial charge < -0.3 is 20.1 Å². The molecule has 0 aliphatic heterocycles. The number of hydrogen-bond acceptors (Lipinski definition) is 5. The second-order valence-corrected chi connectivity index (χ2v) is 7.90. The maximum Gasteiger partial charge on any atom is 0.337 e. The van der Waals surface area contributed by atoms with Gasteiger partial charge in [0.15, 0.2) is 0 Å². The Hall–Kier alpha value is -3.84. The quantitative estimate of drug-likeness (QED) is 0.385. The molecule has 176 valence electrons. The van der Waals surface area contributed by atoms with Gasteiger partial charge in [-0.3, -0.25) is 9.59 Å². The van der Waals surface area contributed by atoms with Crippen molar-refractivity contribution in [1.29, 1.82) is 0 Å². The summed E-state index contributed by atoms with van der Waals surface area (Å²) in [6, 6.07) is 20.6. The standard InChI is InChI=1S/C26H25ClN2O5/c1-2-34-24(30)14-15-29(17-18-6-4-3-5-7-18)23-13-12-21(16-22(23)26(32)33)28-25(31)19-8-10-20(27)11-9-19/h3-13,16H,2,14-15,17H2,1H3,(H,28,31)(H,32,33). The first-order valence-corrected chi connectivity index (χ1v) is 11.1. The first kappa shape index (κ1) is 24.8. The number of carboxylic acids is 1. The number of esters is 1. The molecule has 0 atom stereocenters. The number of amides is 1. The molecule has 0 spiro atoms. The van der Waals surface area contributed by atoms with Crippen LogP contribution in [0.4, 0.5) is 11.4 Å². The number of rotatable bonds is 10.